The summed E-state index contributed by atoms with van der Waals surface area (Å²) in [6.45, 7) is 15.8. The monoisotopic (exact) mass is 235 g/mol. The molecule has 1 heteroatoms. The maximum absolute atomic E-state index is 6.46. The van der Waals surface area contributed by atoms with Crippen molar-refractivity contribution in [2.75, 3.05) is 0 Å². The summed E-state index contributed by atoms with van der Waals surface area (Å²) in [6, 6.07) is 0.178. The van der Waals surface area contributed by atoms with Gasteiger partial charge >= 0.3 is 0 Å². The van der Waals surface area contributed by atoms with Crippen molar-refractivity contribution >= 4 is 0 Å². The summed E-state index contributed by atoms with van der Waals surface area (Å²) < 4.78 is 0. The van der Waals surface area contributed by atoms with Crippen molar-refractivity contribution in [1.29, 1.82) is 0 Å². The van der Waals surface area contributed by atoms with Crippen LogP contribution in [0.25, 0.3) is 0 Å². The second-order valence-corrected chi connectivity index (χ2v) is 7.02. The Morgan fingerprint density at radius 3 is 2.00 bits per heavy atom. The summed E-state index contributed by atoms with van der Waals surface area (Å²) in [4.78, 5) is 0. The normalized spacial score (nSPS) is 26.2. The zero-order chi connectivity index (χ0) is 13.4. The quantitative estimate of drug-likeness (QED) is 0.764. The third kappa shape index (κ3) is 3.22. The van der Waals surface area contributed by atoms with E-state index in [1.54, 1.807) is 0 Å². The Morgan fingerprint density at radius 1 is 1.12 bits per heavy atom. The van der Waals surface area contributed by atoms with Crippen molar-refractivity contribution in [3.8, 4) is 0 Å². The van der Waals surface area contributed by atoms with E-state index >= 15 is 0 Å². The molecule has 98 valence electrons. The van der Waals surface area contributed by atoms with Crippen molar-refractivity contribution < 1.29 is 0 Å². The standard InChI is InChI=1S/C16H29N/c1-10(2)12-8-13(11(3)4)15(17)14(9-12)16(5,6)7/h8-11,13,15H,17H2,1-7H3. The molecule has 0 bridgehead atoms. The lowest BCUT2D eigenvalue weighted by atomic mass is 9.70. The van der Waals surface area contributed by atoms with Crippen LogP contribution in [0.1, 0.15) is 48.5 Å². The molecule has 0 fully saturated rings. The molecule has 0 aromatic carbocycles. The van der Waals surface area contributed by atoms with Gasteiger partial charge in [-0.2, -0.15) is 0 Å². The molecule has 0 saturated heterocycles. The minimum atomic E-state index is 0.168. The first-order valence-corrected chi connectivity index (χ1v) is 6.84. The Morgan fingerprint density at radius 2 is 1.65 bits per heavy atom. The van der Waals surface area contributed by atoms with Gasteiger partial charge in [0.1, 0.15) is 0 Å². The summed E-state index contributed by atoms with van der Waals surface area (Å²) in [6.07, 6.45) is 4.74. The van der Waals surface area contributed by atoms with Crippen LogP contribution in [0.3, 0.4) is 0 Å². The Hall–Kier alpha value is -0.560. The van der Waals surface area contributed by atoms with E-state index in [0.717, 1.165) is 0 Å². The first kappa shape index (κ1) is 14.5. The molecule has 0 saturated carbocycles. The maximum Gasteiger partial charge on any atom is 0.0328 e. The number of hydrogen-bond donors (Lipinski definition) is 1. The second kappa shape index (κ2) is 4.97. The van der Waals surface area contributed by atoms with Crippen LogP contribution in [0.15, 0.2) is 23.3 Å². The molecule has 0 amide bonds. The molecule has 0 heterocycles. The van der Waals surface area contributed by atoms with Gasteiger partial charge in [-0.15, -0.1) is 0 Å². The minimum absolute atomic E-state index is 0.168. The van der Waals surface area contributed by atoms with Crippen molar-refractivity contribution in [3.05, 3.63) is 23.3 Å². The number of allylic oxidation sites excluding steroid dienone is 2. The first-order valence-electron chi connectivity index (χ1n) is 6.84. The molecule has 17 heavy (non-hydrogen) atoms. The number of hydrogen-bond acceptors (Lipinski definition) is 1. The Balaban J connectivity index is 3.17. The molecule has 2 N–H and O–H groups in total. The highest BCUT2D eigenvalue weighted by molar-refractivity contribution is 5.37. The van der Waals surface area contributed by atoms with Gasteiger partial charge in [-0.1, -0.05) is 60.6 Å². The van der Waals surface area contributed by atoms with Gasteiger partial charge in [0, 0.05) is 6.04 Å². The molecule has 1 rings (SSSR count). The van der Waals surface area contributed by atoms with Crippen LogP contribution >= 0.6 is 0 Å². The van der Waals surface area contributed by atoms with Crippen LogP contribution in [0.4, 0.5) is 0 Å². The van der Waals surface area contributed by atoms with Crippen molar-refractivity contribution in [2.45, 2.75) is 54.5 Å². The van der Waals surface area contributed by atoms with Crippen LogP contribution < -0.4 is 5.73 Å². The molecule has 2 unspecified atom stereocenters. The van der Waals surface area contributed by atoms with Crippen LogP contribution in [-0.4, -0.2) is 6.04 Å². The predicted molar refractivity (Wildman–Crippen MR) is 76.8 cm³/mol. The lowest BCUT2D eigenvalue weighted by Crippen LogP contribution is -2.40. The third-order valence-corrected chi connectivity index (χ3v) is 3.78. The summed E-state index contributed by atoms with van der Waals surface area (Å²) in [5.41, 5.74) is 9.49. The Bertz CT molecular complexity index is 326. The summed E-state index contributed by atoms with van der Waals surface area (Å²) in [5.74, 6) is 1.66. The van der Waals surface area contributed by atoms with E-state index in [2.05, 4.69) is 60.6 Å². The lowest BCUT2D eigenvalue weighted by molar-refractivity contribution is 0.354. The summed E-state index contributed by atoms with van der Waals surface area (Å²) in [7, 11) is 0. The first-order chi connectivity index (χ1) is 7.64. The fourth-order valence-corrected chi connectivity index (χ4v) is 2.54. The van der Waals surface area contributed by atoms with Crippen LogP contribution in [0.2, 0.25) is 0 Å². The molecule has 0 aromatic heterocycles. The van der Waals surface area contributed by atoms with E-state index in [4.69, 9.17) is 5.73 Å². The maximum atomic E-state index is 6.46. The van der Waals surface area contributed by atoms with E-state index in [0.29, 0.717) is 17.8 Å². The minimum Gasteiger partial charge on any atom is -0.324 e. The number of nitrogens with two attached hydrogens (primary N) is 1. The van der Waals surface area contributed by atoms with Crippen molar-refractivity contribution in [2.24, 2.45) is 28.9 Å². The molecular weight excluding hydrogens is 206 g/mol. The van der Waals surface area contributed by atoms with E-state index < -0.39 is 0 Å². The topological polar surface area (TPSA) is 26.0 Å². The zero-order valence-corrected chi connectivity index (χ0v) is 12.5. The molecule has 0 aromatic rings. The molecule has 0 spiro atoms. The van der Waals surface area contributed by atoms with Crippen molar-refractivity contribution in [1.82, 2.24) is 0 Å². The van der Waals surface area contributed by atoms with E-state index in [1.807, 2.05) is 0 Å². The van der Waals surface area contributed by atoms with Gasteiger partial charge in [0.25, 0.3) is 0 Å². The highest BCUT2D eigenvalue weighted by atomic mass is 14.7. The fourth-order valence-electron chi connectivity index (χ4n) is 2.54. The predicted octanol–water partition coefficient (Wildman–Crippen LogP) is 4.15. The van der Waals surface area contributed by atoms with Crippen LogP contribution in [-0.2, 0) is 0 Å². The average Bonchev–Trinajstić information content (AvgIpc) is 2.15. The van der Waals surface area contributed by atoms with Crippen molar-refractivity contribution in [3.63, 3.8) is 0 Å². The molecule has 1 nitrogen and oxygen atoms in total. The Kier molecular flexibility index (Phi) is 4.24. The average molecular weight is 235 g/mol. The Labute approximate surface area is 107 Å². The molecule has 0 aliphatic heterocycles. The highest BCUT2D eigenvalue weighted by Crippen LogP contribution is 2.38. The summed E-state index contributed by atoms with van der Waals surface area (Å²) >= 11 is 0. The van der Waals surface area contributed by atoms with Gasteiger partial charge in [-0.3, -0.25) is 0 Å². The van der Waals surface area contributed by atoms with Gasteiger partial charge in [0.2, 0.25) is 0 Å². The molecule has 1 aliphatic rings. The summed E-state index contributed by atoms with van der Waals surface area (Å²) in [5, 5.41) is 0. The van der Waals surface area contributed by atoms with Gasteiger partial charge in [-0.05, 0) is 34.3 Å². The van der Waals surface area contributed by atoms with E-state index in [9.17, 15) is 0 Å². The van der Waals surface area contributed by atoms with Gasteiger partial charge in [0.05, 0.1) is 0 Å². The third-order valence-electron chi connectivity index (χ3n) is 3.78. The molecule has 0 radical (unpaired) electrons. The van der Waals surface area contributed by atoms with Gasteiger partial charge < -0.3 is 5.73 Å². The zero-order valence-electron chi connectivity index (χ0n) is 12.5. The van der Waals surface area contributed by atoms with Gasteiger partial charge in [-0.25, -0.2) is 0 Å². The van der Waals surface area contributed by atoms with Crippen LogP contribution in [0.5, 0.6) is 0 Å². The number of rotatable bonds is 2. The van der Waals surface area contributed by atoms with E-state index in [-0.39, 0.29) is 11.5 Å². The lowest BCUT2D eigenvalue weighted by Gasteiger charge is -2.38. The smallest absolute Gasteiger partial charge is 0.0328 e. The second-order valence-electron chi connectivity index (χ2n) is 7.02. The SMILES string of the molecule is CC(C)C1=CC(C(C)C)C(N)C(C(C)(C)C)=C1. The molecule has 2 atom stereocenters. The molecule has 1 aliphatic carbocycles. The van der Waals surface area contributed by atoms with Gasteiger partial charge in [0.15, 0.2) is 0 Å². The van der Waals surface area contributed by atoms with Crippen LogP contribution in [0, 0.1) is 23.2 Å². The molecular formula is C16H29N. The fraction of sp³-hybridized carbons (Fsp3) is 0.750. The highest BCUT2D eigenvalue weighted by Gasteiger charge is 2.32. The largest absolute Gasteiger partial charge is 0.324 e. The van der Waals surface area contributed by atoms with E-state index in [1.165, 1.54) is 11.1 Å².